The number of carbonyl (C=O) groups is 2. The molecule has 1 heterocycles. The standard InChI is InChI=1S/C19H26N2O4/c1-3-24-17-8-5-15(6-9-17)7-10-18(22)20-16-11-13-21(14-12-16)19(23)25-4-2/h5-10,16H,3-4,11-14H2,1-2H3,(H,20,22)/b10-7+. The van der Waals surface area contributed by atoms with Gasteiger partial charge in [0.15, 0.2) is 0 Å². The molecular formula is C19H26N2O4. The van der Waals surface area contributed by atoms with Crippen molar-refractivity contribution in [3.8, 4) is 5.75 Å². The molecule has 1 saturated heterocycles. The number of carbonyl (C=O) groups excluding carboxylic acids is 2. The zero-order chi connectivity index (χ0) is 18.1. The second-order valence-electron chi connectivity index (χ2n) is 5.80. The van der Waals surface area contributed by atoms with Gasteiger partial charge in [0.05, 0.1) is 13.2 Å². The topological polar surface area (TPSA) is 67.9 Å². The van der Waals surface area contributed by atoms with Crippen LogP contribution in [0.3, 0.4) is 0 Å². The van der Waals surface area contributed by atoms with E-state index < -0.39 is 0 Å². The second kappa shape index (κ2) is 9.71. The van der Waals surface area contributed by atoms with E-state index in [0.29, 0.717) is 26.3 Å². The van der Waals surface area contributed by atoms with Crippen LogP contribution in [0.4, 0.5) is 4.79 Å². The Bertz CT molecular complexity index is 590. The van der Waals surface area contributed by atoms with Gasteiger partial charge >= 0.3 is 6.09 Å². The van der Waals surface area contributed by atoms with Gasteiger partial charge in [0, 0.05) is 25.2 Å². The lowest BCUT2D eigenvalue weighted by Gasteiger charge is -2.31. The van der Waals surface area contributed by atoms with Crippen LogP contribution in [-0.4, -0.2) is 49.2 Å². The Morgan fingerprint density at radius 1 is 1.16 bits per heavy atom. The first-order chi connectivity index (χ1) is 12.1. The Hall–Kier alpha value is -2.50. The third-order valence-corrected chi connectivity index (χ3v) is 3.99. The Kier molecular flexibility index (Phi) is 7.32. The lowest BCUT2D eigenvalue weighted by molar-refractivity contribution is -0.117. The summed E-state index contributed by atoms with van der Waals surface area (Å²) in [6.45, 7) is 5.95. The summed E-state index contributed by atoms with van der Waals surface area (Å²) in [6.07, 6.45) is 4.51. The van der Waals surface area contributed by atoms with Crippen LogP contribution in [0.5, 0.6) is 5.75 Å². The van der Waals surface area contributed by atoms with Crippen LogP contribution in [0.1, 0.15) is 32.3 Å². The first kappa shape index (κ1) is 18.8. The summed E-state index contributed by atoms with van der Waals surface area (Å²) in [5.74, 6) is 0.695. The fraction of sp³-hybridized carbons (Fsp3) is 0.474. The summed E-state index contributed by atoms with van der Waals surface area (Å²) < 4.78 is 10.4. The lowest BCUT2D eigenvalue weighted by atomic mass is 10.1. The highest BCUT2D eigenvalue weighted by atomic mass is 16.6. The molecule has 0 bridgehead atoms. The van der Waals surface area contributed by atoms with Gasteiger partial charge in [-0.1, -0.05) is 12.1 Å². The highest BCUT2D eigenvalue weighted by molar-refractivity contribution is 5.91. The van der Waals surface area contributed by atoms with Gasteiger partial charge in [0.1, 0.15) is 5.75 Å². The summed E-state index contributed by atoms with van der Waals surface area (Å²) >= 11 is 0. The summed E-state index contributed by atoms with van der Waals surface area (Å²) in [5, 5.41) is 2.98. The molecule has 0 atom stereocenters. The van der Waals surface area contributed by atoms with Crippen LogP contribution in [0.15, 0.2) is 30.3 Å². The van der Waals surface area contributed by atoms with E-state index in [-0.39, 0.29) is 18.0 Å². The molecule has 2 rings (SSSR count). The molecule has 136 valence electrons. The minimum atomic E-state index is -0.275. The number of hydrogen-bond donors (Lipinski definition) is 1. The number of nitrogens with one attached hydrogen (secondary N) is 1. The molecule has 0 aromatic heterocycles. The maximum Gasteiger partial charge on any atom is 0.409 e. The molecule has 0 spiro atoms. The Labute approximate surface area is 148 Å². The molecule has 1 fully saturated rings. The third-order valence-electron chi connectivity index (χ3n) is 3.99. The second-order valence-corrected chi connectivity index (χ2v) is 5.80. The number of rotatable bonds is 6. The van der Waals surface area contributed by atoms with Crippen LogP contribution in [0, 0.1) is 0 Å². The van der Waals surface area contributed by atoms with E-state index >= 15 is 0 Å². The van der Waals surface area contributed by atoms with Crippen molar-refractivity contribution in [2.75, 3.05) is 26.3 Å². The molecule has 0 aliphatic carbocycles. The quantitative estimate of drug-likeness (QED) is 0.804. The molecule has 6 heteroatoms. The van der Waals surface area contributed by atoms with Crippen molar-refractivity contribution in [2.45, 2.75) is 32.7 Å². The molecule has 25 heavy (non-hydrogen) atoms. The highest BCUT2D eigenvalue weighted by Crippen LogP contribution is 2.14. The summed E-state index contributed by atoms with van der Waals surface area (Å²) in [5.41, 5.74) is 0.940. The Balaban J connectivity index is 1.76. The molecular weight excluding hydrogens is 320 g/mol. The van der Waals surface area contributed by atoms with Crippen LogP contribution in [-0.2, 0) is 9.53 Å². The molecule has 1 N–H and O–H groups in total. The largest absolute Gasteiger partial charge is 0.494 e. The fourth-order valence-corrected chi connectivity index (χ4v) is 2.68. The van der Waals surface area contributed by atoms with Gasteiger partial charge in [-0.05, 0) is 50.5 Å². The molecule has 0 unspecified atom stereocenters. The van der Waals surface area contributed by atoms with Crippen molar-refractivity contribution >= 4 is 18.1 Å². The molecule has 2 amide bonds. The predicted molar refractivity (Wildman–Crippen MR) is 96.4 cm³/mol. The van der Waals surface area contributed by atoms with E-state index in [1.165, 1.54) is 6.08 Å². The van der Waals surface area contributed by atoms with Gasteiger partial charge in [0.2, 0.25) is 5.91 Å². The molecule has 6 nitrogen and oxygen atoms in total. The monoisotopic (exact) mass is 346 g/mol. The molecule has 1 aromatic carbocycles. The molecule has 0 radical (unpaired) electrons. The lowest BCUT2D eigenvalue weighted by Crippen LogP contribution is -2.46. The van der Waals surface area contributed by atoms with E-state index in [2.05, 4.69) is 5.32 Å². The average molecular weight is 346 g/mol. The Morgan fingerprint density at radius 2 is 1.84 bits per heavy atom. The van der Waals surface area contributed by atoms with Crippen LogP contribution in [0.2, 0.25) is 0 Å². The van der Waals surface area contributed by atoms with Gasteiger partial charge in [-0.2, -0.15) is 0 Å². The van der Waals surface area contributed by atoms with E-state index in [4.69, 9.17) is 9.47 Å². The minimum absolute atomic E-state index is 0.0863. The number of nitrogens with zero attached hydrogens (tertiary/aromatic N) is 1. The van der Waals surface area contributed by atoms with Crippen molar-refractivity contribution in [3.63, 3.8) is 0 Å². The molecule has 1 aliphatic rings. The van der Waals surface area contributed by atoms with E-state index in [1.807, 2.05) is 31.2 Å². The van der Waals surface area contributed by atoms with Gasteiger partial charge < -0.3 is 19.7 Å². The summed E-state index contributed by atoms with van der Waals surface area (Å²) in [7, 11) is 0. The first-order valence-corrected chi connectivity index (χ1v) is 8.75. The normalized spacial score (nSPS) is 15.2. The molecule has 1 aliphatic heterocycles. The number of likely N-dealkylation sites (tertiary alicyclic amines) is 1. The predicted octanol–water partition coefficient (Wildman–Crippen LogP) is 2.84. The Morgan fingerprint density at radius 3 is 2.44 bits per heavy atom. The van der Waals surface area contributed by atoms with Crippen molar-refractivity contribution in [3.05, 3.63) is 35.9 Å². The summed E-state index contributed by atoms with van der Waals surface area (Å²) in [4.78, 5) is 25.4. The number of amides is 2. The minimum Gasteiger partial charge on any atom is -0.494 e. The number of piperidine rings is 1. The zero-order valence-electron chi connectivity index (χ0n) is 14.9. The van der Waals surface area contributed by atoms with Gasteiger partial charge in [-0.15, -0.1) is 0 Å². The number of ether oxygens (including phenoxy) is 2. The van der Waals surface area contributed by atoms with Gasteiger partial charge in [0.25, 0.3) is 0 Å². The molecule has 0 saturated carbocycles. The van der Waals surface area contributed by atoms with Crippen molar-refractivity contribution in [1.82, 2.24) is 10.2 Å². The zero-order valence-corrected chi connectivity index (χ0v) is 14.9. The smallest absolute Gasteiger partial charge is 0.409 e. The number of benzene rings is 1. The van der Waals surface area contributed by atoms with Crippen molar-refractivity contribution in [1.29, 1.82) is 0 Å². The maximum absolute atomic E-state index is 12.0. The maximum atomic E-state index is 12.0. The average Bonchev–Trinajstić information content (AvgIpc) is 2.62. The first-order valence-electron chi connectivity index (χ1n) is 8.75. The van der Waals surface area contributed by atoms with E-state index in [9.17, 15) is 9.59 Å². The highest BCUT2D eigenvalue weighted by Gasteiger charge is 2.23. The van der Waals surface area contributed by atoms with Gasteiger partial charge in [-0.3, -0.25) is 4.79 Å². The van der Waals surface area contributed by atoms with Crippen LogP contribution in [0.25, 0.3) is 6.08 Å². The van der Waals surface area contributed by atoms with Crippen molar-refractivity contribution < 1.29 is 19.1 Å². The van der Waals surface area contributed by atoms with Crippen LogP contribution < -0.4 is 10.1 Å². The van der Waals surface area contributed by atoms with Crippen molar-refractivity contribution in [2.24, 2.45) is 0 Å². The SMILES string of the molecule is CCOC(=O)N1CCC(NC(=O)/C=C/c2ccc(OCC)cc2)CC1. The summed E-state index contributed by atoms with van der Waals surface area (Å²) in [6, 6.07) is 7.67. The van der Waals surface area contributed by atoms with E-state index in [1.54, 1.807) is 17.9 Å². The van der Waals surface area contributed by atoms with E-state index in [0.717, 1.165) is 24.2 Å². The molecule has 1 aromatic rings. The fourth-order valence-electron chi connectivity index (χ4n) is 2.68. The van der Waals surface area contributed by atoms with Gasteiger partial charge in [-0.25, -0.2) is 4.79 Å². The third kappa shape index (κ3) is 6.14. The number of hydrogen-bond acceptors (Lipinski definition) is 4. The van der Waals surface area contributed by atoms with Crippen LogP contribution >= 0.6 is 0 Å².